The van der Waals surface area contributed by atoms with Gasteiger partial charge < -0.3 is 15.3 Å². The van der Waals surface area contributed by atoms with Crippen LogP contribution in [0.25, 0.3) is 0 Å². The molecule has 0 spiro atoms. The standard InChI is InChI=1S/C10H20O2.C6H15NO2/c1-2-3-4-5-6-7-8-9-10(11)12;1-5(2,8)7-6(3,4)9/h2-9H2,1H3,(H,11,12);7-9H,1-4H3. The quantitative estimate of drug-likeness (QED) is 0.367. The summed E-state index contributed by atoms with van der Waals surface area (Å²) in [4.78, 5) is 10.1. The highest BCUT2D eigenvalue weighted by molar-refractivity contribution is 5.66. The van der Waals surface area contributed by atoms with Crippen molar-refractivity contribution in [2.45, 2.75) is 97.4 Å². The average molecular weight is 305 g/mol. The number of nitrogens with one attached hydrogen (secondary N) is 1. The van der Waals surface area contributed by atoms with Gasteiger partial charge in [0.25, 0.3) is 0 Å². The fourth-order valence-corrected chi connectivity index (χ4v) is 1.98. The molecule has 0 aliphatic rings. The van der Waals surface area contributed by atoms with Crippen LogP contribution in [0.1, 0.15) is 86.0 Å². The second-order valence-electron chi connectivity index (χ2n) is 6.51. The van der Waals surface area contributed by atoms with Gasteiger partial charge in [-0.3, -0.25) is 10.1 Å². The predicted molar refractivity (Wildman–Crippen MR) is 86.0 cm³/mol. The molecule has 0 amide bonds. The molecule has 0 aliphatic carbocycles. The molecule has 0 radical (unpaired) electrons. The molecule has 0 heterocycles. The molecule has 4 N–H and O–H groups in total. The second kappa shape index (κ2) is 12.0. The van der Waals surface area contributed by atoms with Crippen LogP contribution in [0.15, 0.2) is 0 Å². The summed E-state index contributed by atoms with van der Waals surface area (Å²) in [6.45, 7) is 8.50. The predicted octanol–water partition coefficient (Wildman–Crippen LogP) is 3.24. The summed E-state index contributed by atoms with van der Waals surface area (Å²) in [5.74, 6) is -0.663. The average Bonchev–Trinajstić information content (AvgIpc) is 2.23. The molecule has 128 valence electrons. The Morgan fingerprint density at radius 3 is 1.52 bits per heavy atom. The Morgan fingerprint density at radius 1 is 0.857 bits per heavy atom. The third kappa shape index (κ3) is 28.3. The van der Waals surface area contributed by atoms with Gasteiger partial charge in [-0.25, -0.2) is 0 Å². The number of aliphatic carboxylic acids is 1. The topological polar surface area (TPSA) is 89.8 Å². The van der Waals surface area contributed by atoms with Gasteiger partial charge in [0, 0.05) is 6.42 Å². The van der Waals surface area contributed by atoms with Crippen molar-refractivity contribution in [1.29, 1.82) is 0 Å². The van der Waals surface area contributed by atoms with Crippen LogP contribution in [-0.2, 0) is 4.79 Å². The largest absolute Gasteiger partial charge is 0.481 e. The lowest BCUT2D eigenvalue weighted by atomic mass is 10.1. The third-order valence-electron chi connectivity index (χ3n) is 2.61. The van der Waals surface area contributed by atoms with E-state index in [1.807, 2.05) is 0 Å². The van der Waals surface area contributed by atoms with Crippen molar-refractivity contribution in [3.63, 3.8) is 0 Å². The van der Waals surface area contributed by atoms with Crippen molar-refractivity contribution in [3.05, 3.63) is 0 Å². The number of hydrogen-bond donors (Lipinski definition) is 4. The van der Waals surface area contributed by atoms with Crippen molar-refractivity contribution in [3.8, 4) is 0 Å². The number of aliphatic hydroxyl groups is 2. The van der Waals surface area contributed by atoms with Crippen LogP contribution in [0.4, 0.5) is 0 Å². The number of rotatable bonds is 10. The van der Waals surface area contributed by atoms with Gasteiger partial charge in [-0.05, 0) is 34.1 Å². The smallest absolute Gasteiger partial charge is 0.303 e. The van der Waals surface area contributed by atoms with E-state index in [-0.39, 0.29) is 0 Å². The minimum Gasteiger partial charge on any atom is -0.481 e. The Kier molecular flexibility index (Phi) is 12.9. The van der Waals surface area contributed by atoms with Gasteiger partial charge in [0.2, 0.25) is 0 Å². The van der Waals surface area contributed by atoms with Gasteiger partial charge in [-0.15, -0.1) is 0 Å². The first-order chi connectivity index (χ1) is 9.48. The molecule has 5 nitrogen and oxygen atoms in total. The Labute approximate surface area is 129 Å². The highest BCUT2D eigenvalue weighted by Crippen LogP contribution is 2.08. The van der Waals surface area contributed by atoms with Crippen molar-refractivity contribution < 1.29 is 20.1 Å². The Morgan fingerprint density at radius 2 is 1.24 bits per heavy atom. The molecule has 0 saturated carbocycles. The highest BCUT2D eigenvalue weighted by Gasteiger charge is 2.21. The number of carbonyl (C=O) groups is 1. The van der Waals surface area contributed by atoms with E-state index in [2.05, 4.69) is 12.2 Å². The van der Waals surface area contributed by atoms with E-state index in [0.29, 0.717) is 6.42 Å². The maximum atomic E-state index is 10.1. The molecule has 0 bridgehead atoms. The zero-order valence-corrected chi connectivity index (χ0v) is 14.4. The van der Waals surface area contributed by atoms with Gasteiger partial charge >= 0.3 is 5.97 Å². The fourth-order valence-electron chi connectivity index (χ4n) is 1.98. The first-order valence-corrected chi connectivity index (χ1v) is 7.94. The normalized spacial score (nSPS) is 11.8. The van der Waals surface area contributed by atoms with Crippen molar-refractivity contribution >= 4 is 5.97 Å². The molecule has 0 fully saturated rings. The lowest BCUT2D eigenvalue weighted by Crippen LogP contribution is -2.51. The van der Waals surface area contributed by atoms with E-state index in [4.69, 9.17) is 15.3 Å². The van der Waals surface area contributed by atoms with E-state index in [9.17, 15) is 4.79 Å². The molecule has 0 aromatic rings. The minimum absolute atomic E-state index is 0.341. The lowest BCUT2D eigenvalue weighted by molar-refractivity contribution is -0.137. The lowest BCUT2D eigenvalue weighted by Gasteiger charge is -2.28. The van der Waals surface area contributed by atoms with E-state index < -0.39 is 17.4 Å². The highest BCUT2D eigenvalue weighted by atomic mass is 16.4. The SMILES string of the molecule is CC(C)(O)NC(C)(C)O.CCCCCCCCCC(=O)O. The second-order valence-corrected chi connectivity index (χ2v) is 6.51. The van der Waals surface area contributed by atoms with Crippen LogP contribution >= 0.6 is 0 Å². The first kappa shape index (κ1) is 22.6. The van der Waals surface area contributed by atoms with Gasteiger partial charge in [0.1, 0.15) is 11.4 Å². The molecule has 0 aromatic carbocycles. The molecule has 0 aliphatic heterocycles. The zero-order valence-electron chi connectivity index (χ0n) is 14.4. The summed E-state index contributed by atoms with van der Waals surface area (Å²) in [7, 11) is 0. The molecule has 0 unspecified atom stereocenters. The van der Waals surface area contributed by atoms with E-state index in [1.54, 1.807) is 27.7 Å². The third-order valence-corrected chi connectivity index (χ3v) is 2.61. The van der Waals surface area contributed by atoms with E-state index in [0.717, 1.165) is 12.8 Å². The maximum Gasteiger partial charge on any atom is 0.303 e. The molecule has 0 atom stereocenters. The number of hydrogen-bond acceptors (Lipinski definition) is 4. The summed E-state index contributed by atoms with van der Waals surface area (Å²) in [5.41, 5.74) is -2.03. The fraction of sp³-hybridized carbons (Fsp3) is 0.938. The van der Waals surface area contributed by atoms with E-state index >= 15 is 0 Å². The monoisotopic (exact) mass is 305 g/mol. The molecule has 21 heavy (non-hydrogen) atoms. The molecular formula is C16H35NO4. The van der Waals surface area contributed by atoms with Crippen molar-refractivity contribution in [1.82, 2.24) is 5.32 Å². The van der Waals surface area contributed by atoms with Crippen LogP contribution < -0.4 is 5.32 Å². The maximum absolute atomic E-state index is 10.1. The first-order valence-electron chi connectivity index (χ1n) is 7.94. The molecule has 0 saturated heterocycles. The summed E-state index contributed by atoms with van der Waals surface area (Å²) < 4.78 is 0. The summed E-state index contributed by atoms with van der Waals surface area (Å²) >= 11 is 0. The Balaban J connectivity index is 0. The van der Waals surface area contributed by atoms with Gasteiger partial charge in [-0.2, -0.15) is 0 Å². The van der Waals surface area contributed by atoms with Crippen LogP contribution in [0, 0.1) is 0 Å². The van der Waals surface area contributed by atoms with Crippen LogP contribution in [0.5, 0.6) is 0 Å². The summed E-state index contributed by atoms with van der Waals surface area (Å²) in [6.07, 6.45) is 8.64. The Hall–Kier alpha value is -0.650. The van der Waals surface area contributed by atoms with Crippen LogP contribution in [0.3, 0.4) is 0 Å². The molecule has 0 aromatic heterocycles. The van der Waals surface area contributed by atoms with Crippen LogP contribution in [0.2, 0.25) is 0 Å². The number of unbranched alkanes of at least 4 members (excludes halogenated alkanes) is 6. The molecular weight excluding hydrogens is 270 g/mol. The number of carboxylic acids is 1. The van der Waals surface area contributed by atoms with Gasteiger partial charge in [0.15, 0.2) is 0 Å². The van der Waals surface area contributed by atoms with E-state index in [1.165, 1.54) is 32.1 Å². The summed E-state index contributed by atoms with van der Waals surface area (Å²) in [6, 6.07) is 0. The van der Waals surface area contributed by atoms with Crippen LogP contribution in [-0.4, -0.2) is 32.7 Å². The molecule has 5 heteroatoms. The number of carboxylic acid groups (broad SMARTS) is 1. The van der Waals surface area contributed by atoms with Gasteiger partial charge in [-0.1, -0.05) is 45.4 Å². The van der Waals surface area contributed by atoms with Crippen molar-refractivity contribution in [2.24, 2.45) is 0 Å². The zero-order chi connectivity index (χ0) is 16.9. The van der Waals surface area contributed by atoms with Gasteiger partial charge in [0.05, 0.1) is 0 Å². The summed E-state index contributed by atoms with van der Waals surface area (Å²) in [5, 5.41) is 29.1. The van der Waals surface area contributed by atoms with Crippen molar-refractivity contribution in [2.75, 3.05) is 0 Å². The Bertz CT molecular complexity index is 242. The molecule has 0 rings (SSSR count). The minimum atomic E-state index is -1.02.